The average Bonchev–Trinajstić information content (AvgIpc) is 2.33. The molecule has 0 atom stereocenters. The Kier molecular flexibility index (Phi) is 6.44. The van der Waals surface area contributed by atoms with E-state index in [4.69, 9.17) is 9.47 Å². The van der Waals surface area contributed by atoms with Gasteiger partial charge in [0.2, 0.25) is 0 Å². The van der Waals surface area contributed by atoms with E-state index in [9.17, 15) is 4.79 Å². The van der Waals surface area contributed by atoms with E-state index in [-0.39, 0.29) is 5.78 Å². The number of ether oxygens (including phenoxy) is 2. The molecule has 1 rings (SSSR count). The number of hydrogen-bond acceptors (Lipinski definition) is 3. The van der Waals surface area contributed by atoms with Crippen molar-refractivity contribution in [2.45, 2.75) is 27.2 Å². The first-order valence-corrected chi connectivity index (χ1v) is 6.41. The highest BCUT2D eigenvalue weighted by molar-refractivity contribution is 5.94. The molecule has 0 aliphatic rings. The van der Waals surface area contributed by atoms with Gasteiger partial charge in [-0.25, -0.2) is 0 Å². The lowest BCUT2D eigenvalue weighted by molar-refractivity contribution is 0.0924. The molecular weight excluding hydrogens is 228 g/mol. The van der Waals surface area contributed by atoms with Crippen molar-refractivity contribution in [1.82, 2.24) is 0 Å². The van der Waals surface area contributed by atoms with Crippen LogP contribution < -0.4 is 4.74 Å². The molecule has 0 spiro atoms. The Hall–Kier alpha value is -1.35. The standard InChI is InChI=1S/C15H22O3/c1-12(2)7-8-17-9-10-18-15-6-4-5-14(11-15)13(3)16/h4-6,11-12H,7-10H2,1-3H3. The lowest BCUT2D eigenvalue weighted by Crippen LogP contribution is -2.08. The van der Waals surface area contributed by atoms with Crippen molar-refractivity contribution in [3.8, 4) is 5.75 Å². The van der Waals surface area contributed by atoms with E-state index < -0.39 is 0 Å². The van der Waals surface area contributed by atoms with Crippen LogP contribution in [0.3, 0.4) is 0 Å². The number of rotatable bonds is 8. The van der Waals surface area contributed by atoms with Gasteiger partial charge in [-0.05, 0) is 31.4 Å². The van der Waals surface area contributed by atoms with Gasteiger partial charge in [0.1, 0.15) is 12.4 Å². The van der Waals surface area contributed by atoms with E-state index in [1.807, 2.05) is 12.1 Å². The summed E-state index contributed by atoms with van der Waals surface area (Å²) in [5, 5.41) is 0. The van der Waals surface area contributed by atoms with Gasteiger partial charge in [-0.1, -0.05) is 26.0 Å². The Morgan fingerprint density at radius 1 is 1.22 bits per heavy atom. The van der Waals surface area contributed by atoms with Gasteiger partial charge >= 0.3 is 0 Å². The summed E-state index contributed by atoms with van der Waals surface area (Å²) in [4.78, 5) is 11.2. The molecule has 0 amide bonds. The van der Waals surface area contributed by atoms with Crippen LogP contribution in [0.25, 0.3) is 0 Å². The summed E-state index contributed by atoms with van der Waals surface area (Å²) in [7, 11) is 0. The lowest BCUT2D eigenvalue weighted by atomic mass is 10.1. The maximum atomic E-state index is 11.2. The third-order valence-corrected chi connectivity index (χ3v) is 2.58. The third-order valence-electron chi connectivity index (χ3n) is 2.58. The smallest absolute Gasteiger partial charge is 0.159 e. The summed E-state index contributed by atoms with van der Waals surface area (Å²) < 4.78 is 11.0. The van der Waals surface area contributed by atoms with Crippen LogP contribution in [0.5, 0.6) is 5.75 Å². The topological polar surface area (TPSA) is 35.5 Å². The molecule has 0 N–H and O–H groups in total. The summed E-state index contributed by atoms with van der Waals surface area (Å²) in [6.07, 6.45) is 1.07. The second kappa shape index (κ2) is 7.88. The fraction of sp³-hybridized carbons (Fsp3) is 0.533. The molecule has 1 aromatic carbocycles. The van der Waals surface area contributed by atoms with E-state index in [2.05, 4.69) is 13.8 Å². The fourth-order valence-electron chi connectivity index (χ4n) is 1.44. The van der Waals surface area contributed by atoms with Gasteiger partial charge in [-0.3, -0.25) is 4.79 Å². The van der Waals surface area contributed by atoms with Gasteiger partial charge in [0, 0.05) is 12.2 Å². The predicted octanol–water partition coefficient (Wildman–Crippen LogP) is 3.33. The maximum Gasteiger partial charge on any atom is 0.159 e. The van der Waals surface area contributed by atoms with Gasteiger partial charge in [-0.15, -0.1) is 0 Å². The first-order valence-electron chi connectivity index (χ1n) is 6.41. The maximum absolute atomic E-state index is 11.2. The summed E-state index contributed by atoms with van der Waals surface area (Å²) in [6, 6.07) is 7.22. The van der Waals surface area contributed by atoms with E-state index >= 15 is 0 Å². The number of ketones is 1. The van der Waals surface area contributed by atoms with Crippen molar-refractivity contribution in [3.05, 3.63) is 29.8 Å². The number of Topliss-reactive ketones (excluding diaryl/α,β-unsaturated/α-hetero) is 1. The Balaban J connectivity index is 2.23. The summed E-state index contributed by atoms with van der Waals surface area (Å²) in [5.41, 5.74) is 0.674. The van der Waals surface area contributed by atoms with Crippen molar-refractivity contribution in [3.63, 3.8) is 0 Å². The number of benzene rings is 1. The highest BCUT2D eigenvalue weighted by atomic mass is 16.5. The van der Waals surface area contributed by atoms with Crippen LogP contribution in [0.4, 0.5) is 0 Å². The molecule has 0 bridgehead atoms. The first-order chi connectivity index (χ1) is 8.59. The summed E-state index contributed by atoms with van der Waals surface area (Å²) in [6.45, 7) is 7.76. The minimum absolute atomic E-state index is 0.0497. The van der Waals surface area contributed by atoms with Crippen LogP contribution in [-0.2, 0) is 4.74 Å². The van der Waals surface area contributed by atoms with E-state index in [1.54, 1.807) is 19.1 Å². The zero-order chi connectivity index (χ0) is 13.4. The van der Waals surface area contributed by atoms with E-state index in [0.717, 1.165) is 18.8 Å². The normalized spacial score (nSPS) is 10.7. The molecule has 0 saturated heterocycles. The third kappa shape index (κ3) is 5.82. The van der Waals surface area contributed by atoms with Crippen molar-refractivity contribution in [1.29, 1.82) is 0 Å². The lowest BCUT2D eigenvalue weighted by Gasteiger charge is -2.08. The van der Waals surface area contributed by atoms with Crippen LogP contribution in [0.15, 0.2) is 24.3 Å². The van der Waals surface area contributed by atoms with E-state index in [1.165, 1.54) is 0 Å². The van der Waals surface area contributed by atoms with Crippen molar-refractivity contribution < 1.29 is 14.3 Å². The van der Waals surface area contributed by atoms with Gasteiger partial charge in [0.05, 0.1) is 6.61 Å². The molecule has 0 aliphatic carbocycles. The molecule has 3 heteroatoms. The van der Waals surface area contributed by atoms with Gasteiger partial charge < -0.3 is 9.47 Å². The molecule has 18 heavy (non-hydrogen) atoms. The molecule has 0 heterocycles. The quantitative estimate of drug-likeness (QED) is 0.524. The highest BCUT2D eigenvalue weighted by Crippen LogP contribution is 2.13. The zero-order valence-electron chi connectivity index (χ0n) is 11.4. The molecule has 1 aromatic rings. The SMILES string of the molecule is CC(=O)c1cccc(OCCOCCC(C)C)c1. The second-order valence-electron chi connectivity index (χ2n) is 4.73. The minimum atomic E-state index is 0.0497. The van der Waals surface area contributed by atoms with Crippen molar-refractivity contribution >= 4 is 5.78 Å². The predicted molar refractivity (Wildman–Crippen MR) is 72.2 cm³/mol. The number of hydrogen-bond donors (Lipinski definition) is 0. The molecular formula is C15H22O3. The molecule has 0 unspecified atom stereocenters. The van der Waals surface area contributed by atoms with Crippen LogP contribution in [0.1, 0.15) is 37.6 Å². The van der Waals surface area contributed by atoms with Crippen LogP contribution >= 0.6 is 0 Å². The zero-order valence-corrected chi connectivity index (χ0v) is 11.4. The largest absolute Gasteiger partial charge is 0.491 e. The van der Waals surface area contributed by atoms with Crippen molar-refractivity contribution in [2.24, 2.45) is 5.92 Å². The Morgan fingerprint density at radius 2 is 2.00 bits per heavy atom. The molecule has 0 saturated carbocycles. The number of carbonyl (C=O) groups is 1. The Morgan fingerprint density at radius 3 is 2.67 bits per heavy atom. The molecule has 0 radical (unpaired) electrons. The molecule has 0 aliphatic heterocycles. The minimum Gasteiger partial charge on any atom is -0.491 e. The monoisotopic (exact) mass is 250 g/mol. The molecule has 3 nitrogen and oxygen atoms in total. The Bertz CT molecular complexity index is 372. The molecule has 0 fully saturated rings. The summed E-state index contributed by atoms with van der Waals surface area (Å²) in [5.74, 6) is 1.43. The fourth-order valence-corrected chi connectivity index (χ4v) is 1.44. The molecule has 0 aromatic heterocycles. The van der Waals surface area contributed by atoms with Gasteiger partial charge in [-0.2, -0.15) is 0 Å². The summed E-state index contributed by atoms with van der Waals surface area (Å²) >= 11 is 0. The first kappa shape index (κ1) is 14.7. The average molecular weight is 250 g/mol. The highest BCUT2D eigenvalue weighted by Gasteiger charge is 2.01. The van der Waals surface area contributed by atoms with Gasteiger partial charge in [0.15, 0.2) is 5.78 Å². The van der Waals surface area contributed by atoms with Gasteiger partial charge in [0.25, 0.3) is 0 Å². The van der Waals surface area contributed by atoms with E-state index in [0.29, 0.717) is 24.7 Å². The van der Waals surface area contributed by atoms with Crippen LogP contribution in [0, 0.1) is 5.92 Å². The van der Waals surface area contributed by atoms with Crippen molar-refractivity contribution in [2.75, 3.05) is 19.8 Å². The molecule has 100 valence electrons. The number of carbonyl (C=O) groups excluding carboxylic acids is 1. The van der Waals surface area contributed by atoms with Crippen LogP contribution in [-0.4, -0.2) is 25.6 Å². The van der Waals surface area contributed by atoms with Crippen LogP contribution in [0.2, 0.25) is 0 Å². The second-order valence-corrected chi connectivity index (χ2v) is 4.73. The Labute approximate surface area is 109 Å².